The molecular formula is C13H16FNO4. The lowest BCUT2D eigenvalue weighted by Gasteiger charge is -2.11. The summed E-state index contributed by atoms with van der Waals surface area (Å²) in [4.78, 5) is 22.0. The molecule has 0 aliphatic heterocycles. The van der Waals surface area contributed by atoms with Crippen LogP contribution in [0.2, 0.25) is 0 Å². The molecule has 0 aromatic heterocycles. The van der Waals surface area contributed by atoms with Crippen molar-refractivity contribution in [3.05, 3.63) is 35.6 Å². The maximum atomic E-state index is 12.7. The summed E-state index contributed by atoms with van der Waals surface area (Å²) in [6, 6.07) is 4.71. The number of aliphatic carboxylic acids is 1. The lowest BCUT2D eigenvalue weighted by atomic mass is 10.1. The van der Waals surface area contributed by atoms with E-state index in [1.54, 1.807) is 12.1 Å². The van der Waals surface area contributed by atoms with E-state index in [1.807, 2.05) is 0 Å². The van der Waals surface area contributed by atoms with Gasteiger partial charge in [0.05, 0.1) is 6.61 Å². The minimum atomic E-state index is -1.27. The molecule has 0 saturated carbocycles. The van der Waals surface area contributed by atoms with Gasteiger partial charge in [0, 0.05) is 6.42 Å². The van der Waals surface area contributed by atoms with E-state index in [9.17, 15) is 14.0 Å². The number of nitrogens with one attached hydrogen (secondary N) is 1. The number of carboxylic acids is 1. The molecular weight excluding hydrogens is 253 g/mol. The molecule has 1 rings (SSSR count). The maximum Gasteiger partial charge on any atom is 0.328 e. The second kappa shape index (κ2) is 7.48. The summed E-state index contributed by atoms with van der Waals surface area (Å²) < 4.78 is 12.7. The van der Waals surface area contributed by atoms with E-state index in [1.165, 1.54) is 12.1 Å². The van der Waals surface area contributed by atoms with Crippen LogP contribution in [0.4, 0.5) is 4.39 Å². The van der Waals surface area contributed by atoms with Crippen LogP contribution < -0.4 is 5.32 Å². The Bertz CT molecular complexity index is 433. The van der Waals surface area contributed by atoms with Crippen LogP contribution in [0.1, 0.15) is 18.4 Å². The van der Waals surface area contributed by atoms with E-state index in [4.69, 9.17) is 10.2 Å². The minimum Gasteiger partial charge on any atom is -0.480 e. The van der Waals surface area contributed by atoms with E-state index in [0.29, 0.717) is 12.8 Å². The van der Waals surface area contributed by atoms with E-state index in [0.717, 1.165) is 5.56 Å². The largest absolute Gasteiger partial charge is 0.480 e. The van der Waals surface area contributed by atoms with Crippen molar-refractivity contribution >= 4 is 11.9 Å². The molecule has 1 unspecified atom stereocenters. The van der Waals surface area contributed by atoms with Crippen LogP contribution in [0.25, 0.3) is 0 Å². The molecule has 1 atom stereocenters. The lowest BCUT2D eigenvalue weighted by molar-refractivity contribution is -0.142. The Morgan fingerprint density at radius 1 is 1.26 bits per heavy atom. The smallest absolute Gasteiger partial charge is 0.328 e. The Labute approximate surface area is 110 Å². The van der Waals surface area contributed by atoms with Crippen molar-refractivity contribution < 1.29 is 24.2 Å². The SMILES string of the molecule is O=C(CCCc1ccc(F)cc1)NC(CO)C(=O)O. The Morgan fingerprint density at radius 2 is 1.89 bits per heavy atom. The summed E-state index contributed by atoms with van der Waals surface area (Å²) in [6.45, 7) is -0.640. The fraction of sp³-hybridized carbons (Fsp3) is 0.385. The molecule has 6 heteroatoms. The quantitative estimate of drug-likeness (QED) is 0.680. The van der Waals surface area contributed by atoms with Gasteiger partial charge in [-0.1, -0.05) is 12.1 Å². The summed E-state index contributed by atoms with van der Waals surface area (Å²) >= 11 is 0. The molecule has 0 bridgehead atoms. The third-order valence-electron chi connectivity index (χ3n) is 2.60. The average Bonchev–Trinajstić information content (AvgIpc) is 2.38. The van der Waals surface area contributed by atoms with Crippen LogP contribution in [0.5, 0.6) is 0 Å². The van der Waals surface area contributed by atoms with E-state index in [2.05, 4.69) is 5.32 Å². The van der Waals surface area contributed by atoms with Crippen molar-refractivity contribution in [3.63, 3.8) is 0 Å². The first-order chi connectivity index (χ1) is 9.02. The molecule has 1 aromatic carbocycles. The zero-order valence-corrected chi connectivity index (χ0v) is 10.3. The molecule has 0 radical (unpaired) electrons. The normalized spacial score (nSPS) is 11.9. The van der Waals surface area contributed by atoms with Gasteiger partial charge < -0.3 is 15.5 Å². The van der Waals surface area contributed by atoms with Gasteiger partial charge in [-0.3, -0.25) is 4.79 Å². The van der Waals surface area contributed by atoms with Crippen molar-refractivity contribution in [1.29, 1.82) is 0 Å². The molecule has 0 spiro atoms. The molecule has 1 aromatic rings. The Hall–Kier alpha value is -1.95. The number of aliphatic hydroxyl groups is 1. The summed E-state index contributed by atoms with van der Waals surface area (Å²) in [5.41, 5.74) is 0.908. The third kappa shape index (κ3) is 5.48. The second-order valence-corrected chi connectivity index (χ2v) is 4.12. The molecule has 5 nitrogen and oxygen atoms in total. The third-order valence-corrected chi connectivity index (χ3v) is 2.60. The number of aryl methyl sites for hydroxylation is 1. The van der Waals surface area contributed by atoms with Crippen LogP contribution in [0.3, 0.4) is 0 Å². The molecule has 0 aliphatic rings. The zero-order valence-electron chi connectivity index (χ0n) is 10.3. The van der Waals surface area contributed by atoms with Gasteiger partial charge in [0.15, 0.2) is 0 Å². The van der Waals surface area contributed by atoms with Crippen molar-refractivity contribution in [3.8, 4) is 0 Å². The minimum absolute atomic E-state index is 0.154. The summed E-state index contributed by atoms with van der Waals surface area (Å²) in [7, 11) is 0. The number of carboxylic acid groups (broad SMARTS) is 1. The number of carbonyl (C=O) groups excluding carboxylic acids is 1. The van der Waals surface area contributed by atoms with Crippen LogP contribution in [-0.2, 0) is 16.0 Å². The zero-order chi connectivity index (χ0) is 14.3. The second-order valence-electron chi connectivity index (χ2n) is 4.12. The van der Waals surface area contributed by atoms with Gasteiger partial charge in [-0.05, 0) is 30.5 Å². The highest BCUT2D eigenvalue weighted by Crippen LogP contribution is 2.06. The molecule has 1 amide bonds. The van der Waals surface area contributed by atoms with Gasteiger partial charge in [0.25, 0.3) is 0 Å². The number of halogens is 1. The number of aliphatic hydroxyl groups excluding tert-OH is 1. The summed E-state index contributed by atoms with van der Waals surface area (Å²) in [5.74, 6) is -2.01. The predicted molar refractivity (Wildman–Crippen MR) is 66.0 cm³/mol. The summed E-state index contributed by atoms with van der Waals surface area (Å²) in [5, 5.41) is 19.6. The molecule has 19 heavy (non-hydrogen) atoms. The number of amides is 1. The first kappa shape index (κ1) is 15.1. The lowest BCUT2D eigenvalue weighted by Crippen LogP contribution is -2.43. The highest BCUT2D eigenvalue weighted by molar-refractivity contribution is 5.83. The molecule has 0 saturated heterocycles. The number of hydrogen-bond donors (Lipinski definition) is 3. The van der Waals surface area contributed by atoms with Gasteiger partial charge in [-0.2, -0.15) is 0 Å². The van der Waals surface area contributed by atoms with E-state index < -0.39 is 24.5 Å². The van der Waals surface area contributed by atoms with Gasteiger partial charge in [-0.15, -0.1) is 0 Å². The standard InChI is InChI=1S/C13H16FNO4/c14-10-6-4-9(5-7-10)2-1-3-12(17)15-11(8-16)13(18)19/h4-7,11,16H,1-3,8H2,(H,15,17)(H,18,19). The Morgan fingerprint density at radius 3 is 2.42 bits per heavy atom. The van der Waals surface area contributed by atoms with Gasteiger partial charge in [0.2, 0.25) is 5.91 Å². The fourth-order valence-corrected chi connectivity index (χ4v) is 1.56. The van der Waals surface area contributed by atoms with Crippen molar-refractivity contribution in [1.82, 2.24) is 5.32 Å². The summed E-state index contributed by atoms with van der Waals surface area (Å²) in [6.07, 6.45) is 1.28. The van der Waals surface area contributed by atoms with Crippen LogP contribution in [-0.4, -0.2) is 34.7 Å². The van der Waals surface area contributed by atoms with Gasteiger partial charge in [0.1, 0.15) is 11.9 Å². The molecule has 0 fully saturated rings. The fourth-order valence-electron chi connectivity index (χ4n) is 1.56. The Kier molecular flexibility index (Phi) is 5.95. The number of benzene rings is 1. The van der Waals surface area contributed by atoms with E-state index in [-0.39, 0.29) is 12.2 Å². The van der Waals surface area contributed by atoms with Crippen molar-refractivity contribution in [2.75, 3.05) is 6.61 Å². The monoisotopic (exact) mass is 269 g/mol. The molecule has 0 aliphatic carbocycles. The predicted octanol–water partition coefficient (Wildman–Crippen LogP) is 0.710. The molecule has 0 heterocycles. The molecule has 3 N–H and O–H groups in total. The first-order valence-corrected chi connectivity index (χ1v) is 5.90. The van der Waals surface area contributed by atoms with Crippen molar-refractivity contribution in [2.24, 2.45) is 0 Å². The van der Waals surface area contributed by atoms with Gasteiger partial charge >= 0.3 is 5.97 Å². The van der Waals surface area contributed by atoms with E-state index >= 15 is 0 Å². The van der Waals surface area contributed by atoms with Crippen LogP contribution in [0, 0.1) is 5.82 Å². The maximum absolute atomic E-state index is 12.7. The number of carbonyl (C=O) groups is 2. The Balaban J connectivity index is 2.30. The topological polar surface area (TPSA) is 86.6 Å². The average molecular weight is 269 g/mol. The van der Waals surface area contributed by atoms with Crippen LogP contribution >= 0.6 is 0 Å². The molecule has 104 valence electrons. The first-order valence-electron chi connectivity index (χ1n) is 5.90. The number of hydrogen-bond acceptors (Lipinski definition) is 3. The van der Waals surface area contributed by atoms with Crippen LogP contribution in [0.15, 0.2) is 24.3 Å². The number of rotatable bonds is 7. The highest BCUT2D eigenvalue weighted by atomic mass is 19.1. The van der Waals surface area contributed by atoms with Crippen molar-refractivity contribution in [2.45, 2.75) is 25.3 Å². The van der Waals surface area contributed by atoms with Gasteiger partial charge in [-0.25, -0.2) is 9.18 Å². The highest BCUT2D eigenvalue weighted by Gasteiger charge is 2.18.